The van der Waals surface area contributed by atoms with E-state index in [0.717, 1.165) is 11.1 Å². The van der Waals surface area contributed by atoms with Gasteiger partial charge in [-0.1, -0.05) is 6.07 Å². The Labute approximate surface area is 151 Å². The molecule has 1 aromatic carbocycles. The Kier molecular flexibility index (Phi) is 5.44. The molecule has 7 heteroatoms. The maximum absolute atomic E-state index is 12.3. The topological polar surface area (TPSA) is 81.8 Å². The largest absolute Gasteiger partial charge is 0.466 e. The van der Waals surface area contributed by atoms with Gasteiger partial charge in [0.1, 0.15) is 0 Å². The molecule has 0 radical (unpaired) electrons. The lowest BCUT2D eigenvalue weighted by Crippen LogP contribution is -2.40. The van der Waals surface area contributed by atoms with E-state index in [9.17, 15) is 14.4 Å². The van der Waals surface area contributed by atoms with Gasteiger partial charge in [0.05, 0.1) is 18.5 Å². The molecule has 2 heterocycles. The van der Waals surface area contributed by atoms with Gasteiger partial charge in [0.15, 0.2) is 5.58 Å². The maximum Gasteiger partial charge on any atom is 0.420 e. The van der Waals surface area contributed by atoms with Gasteiger partial charge in [-0.3, -0.25) is 14.2 Å². The van der Waals surface area contributed by atoms with Crippen molar-refractivity contribution in [2.45, 2.75) is 45.6 Å². The second-order valence-electron chi connectivity index (χ2n) is 6.63. The van der Waals surface area contributed by atoms with E-state index in [1.165, 1.54) is 0 Å². The molecule has 1 amide bonds. The summed E-state index contributed by atoms with van der Waals surface area (Å²) in [4.78, 5) is 37.7. The highest BCUT2D eigenvalue weighted by atomic mass is 16.5. The molecule has 1 aliphatic rings. The van der Waals surface area contributed by atoms with E-state index < -0.39 is 0 Å². The summed E-state index contributed by atoms with van der Waals surface area (Å²) in [6.07, 6.45) is 1.65. The van der Waals surface area contributed by atoms with Crippen LogP contribution in [0.1, 0.15) is 44.2 Å². The van der Waals surface area contributed by atoms with E-state index in [1.807, 2.05) is 25.1 Å². The minimum absolute atomic E-state index is 0.0136. The number of esters is 1. The van der Waals surface area contributed by atoms with Crippen LogP contribution < -0.4 is 5.76 Å². The molecule has 2 aromatic rings. The second kappa shape index (κ2) is 7.76. The minimum Gasteiger partial charge on any atom is -0.466 e. The van der Waals surface area contributed by atoms with Gasteiger partial charge < -0.3 is 14.1 Å². The predicted molar refractivity (Wildman–Crippen MR) is 95.9 cm³/mol. The number of nitrogens with zero attached hydrogens (tertiary/aromatic N) is 2. The molecule has 0 unspecified atom stereocenters. The third-order valence-electron chi connectivity index (χ3n) is 4.80. The van der Waals surface area contributed by atoms with Crippen molar-refractivity contribution in [2.24, 2.45) is 0 Å². The molecule has 0 N–H and O–H groups in total. The normalized spacial score (nSPS) is 15.4. The van der Waals surface area contributed by atoms with Crippen molar-refractivity contribution in [2.75, 3.05) is 19.7 Å². The van der Waals surface area contributed by atoms with Gasteiger partial charge in [-0.15, -0.1) is 0 Å². The number of amides is 1. The van der Waals surface area contributed by atoms with Gasteiger partial charge in [-0.2, -0.15) is 0 Å². The number of fused-ring (bicyclic) bond motifs is 1. The molecule has 7 nitrogen and oxygen atoms in total. The lowest BCUT2D eigenvalue weighted by molar-refractivity contribution is -0.146. The highest BCUT2D eigenvalue weighted by Crippen LogP contribution is 2.26. The van der Waals surface area contributed by atoms with Crippen LogP contribution in [0.4, 0.5) is 0 Å². The van der Waals surface area contributed by atoms with E-state index in [4.69, 9.17) is 9.15 Å². The summed E-state index contributed by atoms with van der Waals surface area (Å²) in [5, 5.41) is 0. The van der Waals surface area contributed by atoms with Crippen molar-refractivity contribution in [1.82, 2.24) is 9.47 Å². The number of aromatic nitrogens is 1. The summed E-state index contributed by atoms with van der Waals surface area (Å²) in [6, 6.07) is 5.70. The Morgan fingerprint density at radius 1 is 1.23 bits per heavy atom. The van der Waals surface area contributed by atoms with Crippen molar-refractivity contribution in [3.8, 4) is 0 Å². The fourth-order valence-corrected chi connectivity index (χ4v) is 3.46. The number of aryl methyl sites for hydroxylation is 1. The summed E-state index contributed by atoms with van der Waals surface area (Å²) in [7, 11) is 0. The van der Waals surface area contributed by atoms with Crippen LogP contribution >= 0.6 is 0 Å². The number of likely N-dealkylation sites (tertiary alicyclic amines) is 1. The maximum atomic E-state index is 12.3. The van der Waals surface area contributed by atoms with Crippen LogP contribution in [0.5, 0.6) is 0 Å². The van der Waals surface area contributed by atoms with Gasteiger partial charge in [-0.05, 0) is 44.4 Å². The number of rotatable bonds is 5. The molecular weight excluding hydrogens is 336 g/mol. The third kappa shape index (κ3) is 3.81. The number of hydrogen-bond acceptors (Lipinski definition) is 5. The van der Waals surface area contributed by atoms with Crippen molar-refractivity contribution in [3.05, 3.63) is 34.3 Å². The fraction of sp³-hybridized carbons (Fsp3) is 0.526. The smallest absolute Gasteiger partial charge is 0.420 e. The van der Waals surface area contributed by atoms with Crippen LogP contribution in [0.2, 0.25) is 0 Å². The molecule has 26 heavy (non-hydrogen) atoms. The molecular formula is C19H24N2O5. The van der Waals surface area contributed by atoms with Gasteiger partial charge >= 0.3 is 11.7 Å². The zero-order chi connectivity index (χ0) is 18.7. The van der Waals surface area contributed by atoms with Gasteiger partial charge in [-0.25, -0.2) is 4.79 Å². The summed E-state index contributed by atoms with van der Waals surface area (Å²) in [6.45, 7) is 5.18. The van der Waals surface area contributed by atoms with E-state index in [1.54, 1.807) is 16.4 Å². The monoisotopic (exact) mass is 360 g/mol. The number of carbonyl (C=O) groups is 2. The summed E-state index contributed by atoms with van der Waals surface area (Å²) in [5.41, 5.74) is 2.47. The molecule has 1 aromatic heterocycles. The minimum atomic E-state index is -0.349. The van der Waals surface area contributed by atoms with E-state index in [0.29, 0.717) is 38.1 Å². The van der Waals surface area contributed by atoms with Crippen LogP contribution in [0.15, 0.2) is 27.4 Å². The Morgan fingerprint density at radius 3 is 2.65 bits per heavy atom. The standard InChI is InChI=1S/C19H24N2O5/c1-3-25-18(23)7-6-17(22)20-10-8-14(9-11-20)21-15-12-13(2)4-5-16(15)26-19(21)24/h4-5,12,14H,3,6-11H2,1-2H3. The lowest BCUT2D eigenvalue weighted by Gasteiger charge is -2.32. The summed E-state index contributed by atoms with van der Waals surface area (Å²) >= 11 is 0. The molecule has 1 aliphatic heterocycles. The molecule has 0 saturated carbocycles. The first-order chi connectivity index (χ1) is 12.5. The number of hydrogen-bond donors (Lipinski definition) is 0. The number of piperidine rings is 1. The van der Waals surface area contributed by atoms with Gasteiger partial charge in [0.25, 0.3) is 0 Å². The fourth-order valence-electron chi connectivity index (χ4n) is 3.46. The van der Waals surface area contributed by atoms with Crippen molar-refractivity contribution < 1.29 is 18.7 Å². The molecule has 0 bridgehead atoms. The highest BCUT2D eigenvalue weighted by Gasteiger charge is 2.27. The van der Waals surface area contributed by atoms with Crippen molar-refractivity contribution in [3.63, 3.8) is 0 Å². The Bertz CT molecular complexity index is 858. The molecule has 1 saturated heterocycles. The Balaban J connectivity index is 1.63. The quantitative estimate of drug-likeness (QED) is 0.765. The third-order valence-corrected chi connectivity index (χ3v) is 4.80. The average molecular weight is 360 g/mol. The first-order valence-corrected chi connectivity index (χ1v) is 9.04. The number of ether oxygens (including phenoxy) is 1. The molecule has 140 valence electrons. The zero-order valence-corrected chi connectivity index (χ0v) is 15.2. The zero-order valence-electron chi connectivity index (χ0n) is 15.2. The Morgan fingerprint density at radius 2 is 1.96 bits per heavy atom. The molecule has 0 aliphatic carbocycles. The number of benzene rings is 1. The number of carbonyl (C=O) groups excluding carboxylic acids is 2. The molecule has 1 fully saturated rings. The van der Waals surface area contributed by atoms with Gasteiger partial charge in [0.2, 0.25) is 5.91 Å². The number of oxazole rings is 1. The van der Waals surface area contributed by atoms with Crippen molar-refractivity contribution in [1.29, 1.82) is 0 Å². The lowest BCUT2D eigenvalue weighted by atomic mass is 10.0. The van der Waals surface area contributed by atoms with Crippen LogP contribution in [0.25, 0.3) is 11.1 Å². The van der Waals surface area contributed by atoms with Gasteiger partial charge in [0, 0.05) is 25.6 Å². The van der Waals surface area contributed by atoms with E-state index in [2.05, 4.69) is 0 Å². The van der Waals surface area contributed by atoms with Crippen LogP contribution in [0, 0.1) is 6.92 Å². The van der Waals surface area contributed by atoms with Crippen LogP contribution in [0.3, 0.4) is 0 Å². The SMILES string of the molecule is CCOC(=O)CCC(=O)N1CCC(n2c(=O)oc3ccc(C)cc32)CC1. The summed E-state index contributed by atoms with van der Waals surface area (Å²) in [5.74, 6) is -0.739. The van der Waals surface area contributed by atoms with Crippen LogP contribution in [-0.4, -0.2) is 41.0 Å². The van der Waals surface area contributed by atoms with E-state index in [-0.39, 0.29) is 36.5 Å². The van der Waals surface area contributed by atoms with Crippen molar-refractivity contribution >= 4 is 23.0 Å². The summed E-state index contributed by atoms with van der Waals surface area (Å²) < 4.78 is 11.9. The second-order valence-corrected chi connectivity index (χ2v) is 6.63. The first kappa shape index (κ1) is 18.2. The Hall–Kier alpha value is -2.57. The first-order valence-electron chi connectivity index (χ1n) is 9.04. The molecule has 0 spiro atoms. The molecule has 3 rings (SSSR count). The molecule has 0 atom stereocenters. The average Bonchev–Trinajstić information content (AvgIpc) is 2.95. The van der Waals surface area contributed by atoms with E-state index >= 15 is 0 Å². The predicted octanol–water partition coefficient (Wildman–Crippen LogP) is 2.41. The van der Waals surface area contributed by atoms with Crippen LogP contribution in [-0.2, 0) is 14.3 Å². The highest BCUT2D eigenvalue weighted by molar-refractivity contribution is 5.81.